The molecule has 0 N–H and O–H groups in total. The molecule has 1 aliphatic carbocycles. The second-order valence-corrected chi connectivity index (χ2v) is 15.9. The van der Waals surface area contributed by atoms with Crippen LogP contribution in [0.15, 0.2) is 186 Å². The fourth-order valence-electron chi connectivity index (χ4n) is 9.14. The van der Waals surface area contributed by atoms with Gasteiger partial charge in [0.2, 0.25) is 0 Å². The van der Waals surface area contributed by atoms with Crippen molar-refractivity contribution in [2.45, 2.75) is 29.1 Å². The molecule has 0 amide bonds. The van der Waals surface area contributed by atoms with Crippen molar-refractivity contribution < 1.29 is 0 Å². The number of fused-ring (bicyclic) bond motifs is 8. The first-order chi connectivity index (χ1) is 26.1. The van der Waals surface area contributed by atoms with Gasteiger partial charge in [-0.15, -0.1) is 0 Å². The van der Waals surface area contributed by atoms with Crippen LogP contribution in [-0.2, 0) is 5.41 Å². The topological polar surface area (TPSA) is 3.24 Å². The molecule has 0 spiro atoms. The summed E-state index contributed by atoms with van der Waals surface area (Å²) in [6.07, 6.45) is 0. The van der Waals surface area contributed by atoms with E-state index in [2.05, 4.69) is 195 Å². The van der Waals surface area contributed by atoms with Crippen molar-refractivity contribution in [3.63, 3.8) is 0 Å². The van der Waals surface area contributed by atoms with E-state index in [0.717, 1.165) is 0 Å². The van der Waals surface area contributed by atoms with Gasteiger partial charge >= 0.3 is 0 Å². The Morgan fingerprint density at radius 3 is 1.81 bits per heavy atom. The van der Waals surface area contributed by atoms with Gasteiger partial charge in [0, 0.05) is 26.0 Å². The molecule has 0 unspecified atom stereocenters. The van der Waals surface area contributed by atoms with E-state index in [0.29, 0.717) is 0 Å². The van der Waals surface area contributed by atoms with Crippen molar-refractivity contribution in [2.75, 3.05) is 4.90 Å². The summed E-state index contributed by atoms with van der Waals surface area (Å²) < 4.78 is 0. The van der Waals surface area contributed by atoms with Crippen LogP contribution in [0.2, 0.25) is 0 Å². The Hall–Kier alpha value is -6.09. The number of para-hydroxylation sites is 2. The van der Waals surface area contributed by atoms with E-state index < -0.39 is 0 Å². The third-order valence-corrected chi connectivity index (χ3v) is 12.7. The lowest BCUT2D eigenvalue weighted by Crippen LogP contribution is -2.16. The number of anilines is 3. The molecular formula is C51H35NS. The molecule has 2 heteroatoms. The van der Waals surface area contributed by atoms with Crippen LogP contribution in [0.4, 0.5) is 17.1 Å². The SMILES string of the molecule is CC1(C)c2ccccc2-c2c(-c3c4ccccc4c(N4c5ccccc5Sc5ccccc54)c4ccc(-c5ccc6ccccc6c5)cc34)cccc21. The Kier molecular flexibility index (Phi) is 6.60. The molecule has 0 radical (unpaired) electrons. The first-order valence-electron chi connectivity index (χ1n) is 18.4. The maximum absolute atomic E-state index is 2.53. The molecule has 9 aromatic carbocycles. The zero-order valence-electron chi connectivity index (χ0n) is 29.6. The van der Waals surface area contributed by atoms with Crippen molar-refractivity contribution in [3.05, 3.63) is 187 Å². The molecule has 11 rings (SSSR count). The quantitative estimate of drug-likeness (QED) is 0.170. The highest BCUT2D eigenvalue weighted by molar-refractivity contribution is 7.99. The summed E-state index contributed by atoms with van der Waals surface area (Å²) in [5, 5.41) is 7.51. The van der Waals surface area contributed by atoms with Crippen LogP contribution in [0.3, 0.4) is 0 Å². The predicted molar refractivity (Wildman–Crippen MR) is 226 cm³/mol. The van der Waals surface area contributed by atoms with Crippen LogP contribution < -0.4 is 4.90 Å². The number of hydrogen-bond acceptors (Lipinski definition) is 2. The molecule has 0 saturated heterocycles. The molecule has 0 atom stereocenters. The lowest BCUT2D eigenvalue weighted by Gasteiger charge is -2.35. The van der Waals surface area contributed by atoms with E-state index in [1.807, 2.05) is 11.8 Å². The Morgan fingerprint density at radius 2 is 1.00 bits per heavy atom. The maximum atomic E-state index is 2.53. The number of nitrogens with zero attached hydrogens (tertiary/aromatic N) is 1. The second kappa shape index (κ2) is 11.5. The Labute approximate surface area is 314 Å². The molecule has 1 aliphatic heterocycles. The van der Waals surface area contributed by atoms with Crippen LogP contribution in [0.25, 0.3) is 65.7 Å². The monoisotopic (exact) mass is 693 g/mol. The van der Waals surface area contributed by atoms with Gasteiger partial charge in [-0.1, -0.05) is 165 Å². The third kappa shape index (κ3) is 4.46. The highest BCUT2D eigenvalue weighted by atomic mass is 32.2. The van der Waals surface area contributed by atoms with E-state index in [4.69, 9.17) is 0 Å². The summed E-state index contributed by atoms with van der Waals surface area (Å²) in [6.45, 7) is 4.75. The average molecular weight is 694 g/mol. The van der Waals surface area contributed by atoms with Gasteiger partial charge in [-0.3, -0.25) is 0 Å². The molecule has 1 heterocycles. The first-order valence-corrected chi connectivity index (χ1v) is 19.3. The van der Waals surface area contributed by atoms with Crippen LogP contribution in [-0.4, -0.2) is 0 Å². The fraction of sp³-hybridized carbons (Fsp3) is 0.0588. The second-order valence-electron chi connectivity index (χ2n) is 14.9. The van der Waals surface area contributed by atoms with Gasteiger partial charge in [0.1, 0.15) is 0 Å². The smallest absolute Gasteiger partial charge is 0.0619 e. The molecule has 2 aliphatic rings. The minimum atomic E-state index is -0.0946. The number of hydrogen-bond donors (Lipinski definition) is 0. The molecule has 0 fully saturated rings. The zero-order chi connectivity index (χ0) is 35.3. The lowest BCUT2D eigenvalue weighted by molar-refractivity contribution is 0.660. The number of rotatable bonds is 3. The van der Waals surface area contributed by atoms with E-state index in [9.17, 15) is 0 Å². The molecular weight excluding hydrogens is 659 g/mol. The van der Waals surface area contributed by atoms with Crippen LogP contribution in [0, 0.1) is 0 Å². The summed E-state index contributed by atoms with van der Waals surface area (Å²) in [7, 11) is 0. The highest BCUT2D eigenvalue weighted by Gasteiger charge is 2.37. The molecule has 1 nitrogen and oxygen atoms in total. The van der Waals surface area contributed by atoms with Gasteiger partial charge in [-0.05, 0) is 102 Å². The highest BCUT2D eigenvalue weighted by Crippen LogP contribution is 2.58. The van der Waals surface area contributed by atoms with Crippen molar-refractivity contribution in [1.29, 1.82) is 0 Å². The predicted octanol–water partition coefficient (Wildman–Crippen LogP) is 14.7. The van der Waals surface area contributed by atoms with E-state index in [1.165, 1.54) is 104 Å². The van der Waals surface area contributed by atoms with E-state index in [-0.39, 0.29) is 5.41 Å². The fourth-order valence-corrected chi connectivity index (χ4v) is 10.2. The first kappa shape index (κ1) is 30.5. The van der Waals surface area contributed by atoms with Gasteiger partial charge in [0.15, 0.2) is 0 Å². The molecule has 0 saturated carbocycles. The van der Waals surface area contributed by atoms with Crippen molar-refractivity contribution in [2.24, 2.45) is 0 Å². The average Bonchev–Trinajstić information content (AvgIpc) is 3.45. The Bertz CT molecular complexity index is 2930. The minimum Gasteiger partial charge on any atom is -0.307 e. The maximum Gasteiger partial charge on any atom is 0.0619 e. The van der Waals surface area contributed by atoms with Gasteiger partial charge in [-0.25, -0.2) is 0 Å². The summed E-state index contributed by atoms with van der Waals surface area (Å²) >= 11 is 1.86. The van der Waals surface area contributed by atoms with Crippen molar-refractivity contribution >= 4 is 61.1 Å². The van der Waals surface area contributed by atoms with Crippen molar-refractivity contribution in [3.8, 4) is 33.4 Å². The molecule has 0 aromatic heterocycles. The molecule has 0 bridgehead atoms. The van der Waals surface area contributed by atoms with Crippen LogP contribution in [0.1, 0.15) is 25.0 Å². The van der Waals surface area contributed by atoms with Gasteiger partial charge in [0.25, 0.3) is 0 Å². The zero-order valence-corrected chi connectivity index (χ0v) is 30.4. The van der Waals surface area contributed by atoms with Crippen molar-refractivity contribution in [1.82, 2.24) is 0 Å². The van der Waals surface area contributed by atoms with Crippen LogP contribution >= 0.6 is 11.8 Å². The molecule has 53 heavy (non-hydrogen) atoms. The Balaban J connectivity index is 1.29. The summed E-state index contributed by atoms with van der Waals surface area (Å²) in [4.78, 5) is 5.05. The van der Waals surface area contributed by atoms with Gasteiger partial charge in [0.05, 0.1) is 17.1 Å². The normalized spacial score (nSPS) is 13.9. The standard InChI is InChI=1S/C51H35NS/c1-51(2)42-20-8-7-18-39(42)49-40(19-13-21-43(49)51)48-36-16-5-6-17-37(36)50(52-44-22-9-11-24-46(44)53-47-25-12-10-23-45(47)52)38-29-28-35(31-41(38)48)34-27-26-32-14-3-4-15-33(32)30-34/h3-31H,1-2H3. The Morgan fingerprint density at radius 1 is 0.415 bits per heavy atom. The largest absolute Gasteiger partial charge is 0.307 e. The summed E-state index contributed by atoms with van der Waals surface area (Å²) in [6, 6.07) is 65.5. The van der Waals surface area contributed by atoms with Gasteiger partial charge in [-0.2, -0.15) is 0 Å². The number of benzene rings is 9. The molecule has 9 aromatic rings. The van der Waals surface area contributed by atoms with E-state index >= 15 is 0 Å². The summed E-state index contributed by atoms with van der Waals surface area (Å²) in [5.41, 5.74) is 14.0. The molecule has 250 valence electrons. The summed E-state index contributed by atoms with van der Waals surface area (Å²) in [5.74, 6) is 0. The minimum absolute atomic E-state index is 0.0946. The lowest BCUT2D eigenvalue weighted by atomic mass is 9.81. The van der Waals surface area contributed by atoms with Crippen LogP contribution in [0.5, 0.6) is 0 Å². The third-order valence-electron chi connectivity index (χ3n) is 11.6. The van der Waals surface area contributed by atoms with Gasteiger partial charge < -0.3 is 4.90 Å². The van der Waals surface area contributed by atoms with E-state index in [1.54, 1.807) is 0 Å².